The topological polar surface area (TPSA) is 103 Å². The molecule has 1 atom stereocenters. The number of oxime groups is 1. The molecule has 1 aromatic rings. The van der Waals surface area contributed by atoms with Crippen LogP contribution >= 0.6 is 0 Å². The highest BCUT2D eigenvalue weighted by Crippen LogP contribution is 2.13. The fraction of sp³-hybridized carbons (Fsp3) is 0.545. The van der Waals surface area contributed by atoms with Crippen molar-refractivity contribution in [2.45, 2.75) is 25.4 Å². The van der Waals surface area contributed by atoms with Gasteiger partial charge in [-0.3, -0.25) is 0 Å². The van der Waals surface area contributed by atoms with Crippen LogP contribution in [0.4, 0.5) is 0 Å². The van der Waals surface area contributed by atoms with E-state index in [4.69, 9.17) is 20.4 Å². The predicted molar refractivity (Wildman–Crippen MR) is 63.6 cm³/mol. The average Bonchev–Trinajstić information content (AvgIpc) is 2.45. The van der Waals surface area contributed by atoms with E-state index < -0.39 is 0 Å². The number of amidine groups is 1. The van der Waals surface area contributed by atoms with Crippen LogP contribution in [0.3, 0.4) is 0 Å². The van der Waals surface area contributed by atoms with Crippen LogP contribution in [0.1, 0.15) is 25.0 Å². The van der Waals surface area contributed by atoms with Gasteiger partial charge < -0.3 is 20.4 Å². The Hall–Kier alpha value is -1.89. The Morgan fingerprint density at radius 3 is 3.22 bits per heavy atom. The summed E-state index contributed by atoms with van der Waals surface area (Å²) < 4.78 is 11.0. The van der Waals surface area contributed by atoms with Gasteiger partial charge in [-0.1, -0.05) is 5.16 Å². The van der Waals surface area contributed by atoms with Gasteiger partial charge in [0.1, 0.15) is 12.3 Å². The number of nitrogens with zero attached hydrogens (tertiary/aromatic N) is 3. The van der Waals surface area contributed by atoms with Crippen LogP contribution in [0.25, 0.3) is 0 Å². The third kappa shape index (κ3) is 3.30. The van der Waals surface area contributed by atoms with E-state index >= 15 is 0 Å². The average molecular weight is 252 g/mol. The predicted octanol–water partition coefficient (Wildman–Crippen LogP) is 0.519. The van der Waals surface area contributed by atoms with Gasteiger partial charge in [0.2, 0.25) is 0 Å². The maximum Gasteiger partial charge on any atom is 0.317 e. The molecular weight excluding hydrogens is 236 g/mol. The van der Waals surface area contributed by atoms with Gasteiger partial charge in [0, 0.05) is 12.8 Å². The van der Waals surface area contributed by atoms with Crippen LogP contribution in [0.15, 0.2) is 17.4 Å². The summed E-state index contributed by atoms with van der Waals surface area (Å²) in [6.45, 7) is 1.19. The van der Waals surface area contributed by atoms with Crippen molar-refractivity contribution in [3.63, 3.8) is 0 Å². The molecule has 98 valence electrons. The molecule has 0 radical (unpaired) electrons. The number of rotatable bonds is 4. The minimum absolute atomic E-state index is 0.0730. The zero-order valence-corrected chi connectivity index (χ0v) is 9.95. The molecule has 2 heterocycles. The summed E-state index contributed by atoms with van der Waals surface area (Å²) in [7, 11) is 0. The highest BCUT2D eigenvalue weighted by atomic mass is 16.5. The molecule has 0 aromatic carbocycles. The Balaban J connectivity index is 1.92. The molecule has 1 aliphatic heterocycles. The summed E-state index contributed by atoms with van der Waals surface area (Å²) in [6, 6.07) is 1.74. The van der Waals surface area contributed by atoms with Crippen molar-refractivity contribution in [2.75, 3.05) is 13.2 Å². The largest absolute Gasteiger partial charge is 0.461 e. The summed E-state index contributed by atoms with van der Waals surface area (Å²) in [5, 5.41) is 11.4. The van der Waals surface area contributed by atoms with Gasteiger partial charge in [-0.05, 0) is 25.3 Å². The third-order valence-corrected chi connectivity index (χ3v) is 2.68. The van der Waals surface area contributed by atoms with Gasteiger partial charge >= 0.3 is 6.01 Å². The Kier molecular flexibility index (Phi) is 4.30. The van der Waals surface area contributed by atoms with Crippen molar-refractivity contribution in [3.8, 4) is 6.01 Å². The molecule has 7 nitrogen and oxygen atoms in total. The fourth-order valence-electron chi connectivity index (χ4n) is 1.71. The molecule has 0 saturated carbocycles. The summed E-state index contributed by atoms with van der Waals surface area (Å²) in [5.41, 5.74) is 5.76. The first-order chi connectivity index (χ1) is 8.79. The number of hydrogen-bond donors (Lipinski definition) is 2. The van der Waals surface area contributed by atoms with Crippen molar-refractivity contribution < 1.29 is 14.7 Å². The summed E-state index contributed by atoms with van der Waals surface area (Å²) >= 11 is 0. The van der Waals surface area contributed by atoms with E-state index in [0.717, 1.165) is 25.9 Å². The van der Waals surface area contributed by atoms with Crippen LogP contribution < -0.4 is 10.5 Å². The van der Waals surface area contributed by atoms with E-state index in [0.29, 0.717) is 12.3 Å². The van der Waals surface area contributed by atoms with E-state index in [1.165, 1.54) is 6.20 Å². The second-order valence-electron chi connectivity index (χ2n) is 4.01. The van der Waals surface area contributed by atoms with Gasteiger partial charge in [-0.15, -0.1) is 0 Å². The summed E-state index contributed by atoms with van der Waals surface area (Å²) in [5.74, 6) is -0.0730. The molecule has 1 aliphatic rings. The fourth-order valence-corrected chi connectivity index (χ4v) is 1.71. The lowest BCUT2D eigenvalue weighted by Crippen LogP contribution is -2.26. The van der Waals surface area contributed by atoms with Gasteiger partial charge in [-0.2, -0.15) is 4.98 Å². The highest BCUT2D eigenvalue weighted by Gasteiger charge is 2.15. The minimum atomic E-state index is -0.0730. The molecule has 3 N–H and O–H groups in total. The van der Waals surface area contributed by atoms with Crippen LogP contribution in [0, 0.1) is 0 Å². The molecule has 2 rings (SSSR count). The molecule has 0 bridgehead atoms. The number of aromatic nitrogens is 2. The number of ether oxygens (including phenoxy) is 2. The third-order valence-electron chi connectivity index (χ3n) is 2.68. The van der Waals surface area contributed by atoms with Crippen LogP contribution in [-0.4, -0.2) is 40.3 Å². The Morgan fingerprint density at radius 1 is 1.61 bits per heavy atom. The highest BCUT2D eigenvalue weighted by molar-refractivity contribution is 5.95. The molecule has 7 heteroatoms. The Bertz CT molecular complexity index is 419. The van der Waals surface area contributed by atoms with Crippen molar-refractivity contribution in [1.82, 2.24) is 9.97 Å². The molecule has 18 heavy (non-hydrogen) atoms. The number of hydrogen-bond acceptors (Lipinski definition) is 6. The quantitative estimate of drug-likeness (QED) is 0.350. The molecule has 1 saturated heterocycles. The van der Waals surface area contributed by atoms with Crippen molar-refractivity contribution in [2.24, 2.45) is 10.9 Å². The lowest BCUT2D eigenvalue weighted by molar-refractivity contribution is -0.0129. The first-order valence-corrected chi connectivity index (χ1v) is 5.85. The monoisotopic (exact) mass is 252 g/mol. The maximum absolute atomic E-state index is 8.55. The molecular formula is C11H16N4O3. The van der Waals surface area contributed by atoms with Crippen LogP contribution in [-0.2, 0) is 4.74 Å². The van der Waals surface area contributed by atoms with Crippen molar-refractivity contribution in [3.05, 3.63) is 18.0 Å². The Labute approximate surface area is 105 Å². The second-order valence-corrected chi connectivity index (χ2v) is 4.01. The minimum Gasteiger partial charge on any atom is -0.461 e. The second kappa shape index (κ2) is 6.15. The number of nitrogens with two attached hydrogens (primary N) is 1. The van der Waals surface area contributed by atoms with Gasteiger partial charge in [0.25, 0.3) is 0 Å². The molecule has 0 spiro atoms. The van der Waals surface area contributed by atoms with E-state index in [-0.39, 0.29) is 18.0 Å². The molecule has 0 amide bonds. The first-order valence-electron chi connectivity index (χ1n) is 5.85. The van der Waals surface area contributed by atoms with Gasteiger partial charge in [-0.25, -0.2) is 4.98 Å². The van der Waals surface area contributed by atoms with Crippen molar-refractivity contribution in [1.29, 1.82) is 0 Å². The molecule has 0 aliphatic carbocycles. The normalized spacial score (nSPS) is 20.7. The van der Waals surface area contributed by atoms with Gasteiger partial charge in [0.05, 0.1) is 6.10 Å². The van der Waals surface area contributed by atoms with Gasteiger partial charge in [0.15, 0.2) is 5.84 Å². The summed E-state index contributed by atoms with van der Waals surface area (Å²) in [4.78, 5) is 7.98. The molecule has 1 unspecified atom stereocenters. The van der Waals surface area contributed by atoms with E-state index in [1.807, 2.05) is 0 Å². The van der Waals surface area contributed by atoms with E-state index in [9.17, 15) is 0 Å². The Morgan fingerprint density at radius 2 is 2.50 bits per heavy atom. The van der Waals surface area contributed by atoms with Crippen LogP contribution in [0.5, 0.6) is 6.01 Å². The maximum atomic E-state index is 8.55. The van der Waals surface area contributed by atoms with Crippen molar-refractivity contribution >= 4 is 5.84 Å². The molecule has 1 aromatic heterocycles. The molecule has 1 fully saturated rings. The first kappa shape index (κ1) is 12.6. The van der Waals surface area contributed by atoms with Crippen LogP contribution in [0.2, 0.25) is 0 Å². The van der Waals surface area contributed by atoms with E-state index in [2.05, 4.69) is 15.1 Å². The zero-order chi connectivity index (χ0) is 12.8. The lowest BCUT2D eigenvalue weighted by atomic mass is 10.1. The SMILES string of the molecule is N/C(=N/O)c1ccnc(OCC2CCCCO2)n1. The summed E-state index contributed by atoms with van der Waals surface area (Å²) in [6.07, 6.45) is 4.83. The van der Waals surface area contributed by atoms with E-state index in [1.54, 1.807) is 6.07 Å². The lowest BCUT2D eigenvalue weighted by Gasteiger charge is -2.21. The smallest absolute Gasteiger partial charge is 0.317 e. The zero-order valence-electron chi connectivity index (χ0n) is 9.95. The standard InChI is InChI=1S/C11H16N4O3/c12-10(15-16)9-4-5-13-11(14-9)18-7-8-3-1-2-6-17-8/h4-5,8,16H,1-3,6-7H2,(H2,12,15).